The van der Waals surface area contributed by atoms with E-state index in [1.54, 1.807) is 0 Å². The molecule has 2 aliphatic rings. The molecule has 0 aliphatic heterocycles. The van der Waals surface area contributed by atoms with Crippen molar-refractivity contribution >= 4 is 43.6 Å². The molecule has 9 aromatic carbocycles. The number of hydrogen-bond acceptors (Lipinski definition) is 5. The van der Waals surface area contributed by atoms with E-state index in [-0.39, 0.29) is 16.4 Å². The first-order valence-electron chi connectivity index (χ1n) is 24.9. The topological polar surface area (TPSA) is 107 Å². The number of nitriles is 3. The fourth-order valence-corrected chi connectivity index (χ4v) is 12.8. The van der Waals surface area contributed by atoms with Gasteiger partial charge in [-0.25, -0.2) is 9.97 Å². The van der Waals surface area contributed by atoms with Crippen LogP contribution in [-0.2, 0) is 10.8 Å². The third kappa shape index (κ3) is 5.80. The molecule has 3 heterocycles. The largest absolute Gasteiger partial charge is 0.308 e. The molecule has 0 spiro atoms. The molecular formula is C67H43N7. The Morgan fingerprint density at radius 3 is 1.28 bits per heavy atom. The zero-order valence-electron chi connectivity index (χ0n) is 41.0. The van der Waals surface area contributed by atoms with Crippen molar-refractivity contribution in [3.05, 3.63) is 227 Å². The van der Waals surface area contributed by atoms with Gasteiger partial charge in [0.15, 0.2) is 5.82 Å². The van der Waals surface area contributed by atoms with Crippen LogP contribution in [0.25, 0.3) is 111 Å². The molecule has 14 rings (SSSR count). The summed E-state index contributed by atoms with van der Waals surface area (Å²) in [4.78, 5) is 10.2. The van der Waals surface area contributed by atoms with Crippen LogP contribution in [0.1, 0.15) is 66.6 Å². The van der Waals surface area contributed by atoms with E-state index in [0.717, 1.165) is 49.8 Å². The van der Waals surface area contributed by atoms with Gasteiger partial charge in [0, 0.05) is 49.1 Å². The molecule has 7 nitrogen and oxygen atoms in total. The maximum absolute atomic E-state index is 11.2. The summed E-state index contributed by atoms with van der Waals surface area (Å²) in [6, 6.07) is 71.8. The zero-order valence-corrected chi connectivity index (χ0v) is 41.0. The normalized spacial score (nSPS) is 13.6. The maximum atomic E-state index is 11.2. The summed E-state index contributed by atoms with van der Waals surface area (Å²) in [6.45, 7) is 9.21. The standard InChI is InChI=1S/C67H43N7/c1-66(2)51-22-12-8-18-44(51)46-28-32-57-59(61(46)66)48-20-10-14-24-55(48)73(57)53-30-26-40(34-42(53)36-68)63-50(38-70)64(72-65(71-63)39-16-6-5-7-17-39)41-27-31-54(43(35-41)37-69)74-56-25-15-11-21-49(56)60-58(74)33-29-47-45-19-9-13-23-52(45)67(3,4)62(47)60/h5-35H,1-4H3. The number of rotatable bonds is 5. The van der Waals surface area contributed by atoms with Crippen LogP contribution in [0.2, 0.25) is 0 Å². The summed E-state index contributed by atoms with van der Waals surface area (Å²) in [5.41, 5.74) is 18.9. The molecule has 3 aromatic heterocycles. The maximum Gasteiger partial charge on any atom is 0.160 e. The minimum atomic E-state index is -0.248. The highest BCUT2D eigenvalue weighted by Crippen LogP contribution is 2.55. The quantitative estimate of drug-likeness (QED) is 0.171. The van der Waals surface area contributed by atoms with Crippen molar-refractivity contribution in [3.8, 4) is 85.7 Å². The summed E-state index contributed by atoms with van der Waals surface area (Å²) in [5, 5.41) is 38.0. The van der Waals surface area contributed by atoms with Gasteiger partial charge in [-0.1, -0.05) is 167 Å². The molecule has 0 amide bonds. The Kier molecular flexibility index (Phi) is 9.04. The lowest BCUT2D eigenvalue weighted by molar-refractivity contribution is 0.666. The van der Waals surface area contributed by atoms with E-state index in [4.69, 9.17) is 9.97 Å². The van der Waals surface area contributed by atoms with Gasteiger partial charge in [-0.2, -0.15) is 15.8 Å². The zero-order chi connectivity index (χ0) is 50.2. The lowest BCUT2D eigenvalue weighted by atomic mass is 9.80. The highest BCUT2D eigenvalue weighted by molar-refractivity contribution is 6.16. The number of fused-ring (bicyclic) bond motifs is 14. The smallest absolute Gasteiger partial charge is 0.160 e. The van der Waals surface area contributed by atoms with Crippen molar-refractivity contribution in [1.82, 2.24) is 19.1 Å². The van der Waals surface area contributed by atoms with Crippen LogP contribution in [-0.4, -0.2) is 19.1 Å². The van der Waals surface area contributed by atoms with E-state index in [1.807, 2.05) is 78.9 Å². The Morgan fingerprint density at radius 1 is 0.392 bits per heavy atom. The Morgan fingerprint density at radius 2 is 0.824 bits per heavy atom. The molecule has 0 atom stereocenters. The second-order valence-electron chi connectivity index (χ2n) is 20.6. The molecule has 346 valence electrons. The van der Waals surface area contributed by atoms with Crippen LogP contribution in [0.15, 0.2) is 188 Å². The van der Waals surface area contributed by atoms with Crippen LogP contribution in [0.4, 0.5) is 0 Å². The first kappa shape index (κ1) is 43.0. The SMILES string of the molecule is CC1(C)c2ccccc2-c2ccc3c(c21)c1ccccc1n3-c1ccc(-c2nc(-c3ccccc3)nc(-c3ccc(-n4c5ccccc5c5c6c(ccc54)-c4ccccc4C6(C)C)c(C#N)c3)c2C#N)cc1C#N. The van der Waals surface area contributed by atoms with Crippen molar-refractivity contribution in [1.29, 1.82) is 15.8 Å². The van der Waals surface area contributed by atoms with Gasteiger partial charge in [0.1, 0.15) is 23.8 Å². The molecule has 0 saturated carbocycles. The molecule has 0 radical (unpaired) electrons. The van der Waals surface area contributed by atoms with Gasteiger partial charge in [-0.15, -0.1) is 0 Å². The molecule has 0 bridgehead atoms. The molecule has 0 N–H and O–H groups in total. The van der Waals surface area contributed by atoms with Gasteiger partial charge < -0.3 is 9.13 Å². The first-order valence-corrected chi connectivity index (χ1v) is 24.9. The van der Waals surface area contributed by atoms with Gasteiger partial charge in [-0.05, 0) is 93.0 Å². The molecule has 2 aliphatic carbocycles. The predicted octanol–water partition coefficient (Wildman–Crippen LogP) is 15.9. The molecule has 12 aromatic rings. The fourth-order valence-electron chi connectivity index (χ4n) is 12.8. The minimum absolute atomic E-state index is 0.237. The molecule has 0 fully saturated rings. The summed E-state index contributed by atoms with van der Waals surface area (Å²) >= 11 is 0. The second-order valence-corrected chi connectivity index (χ2v) is 20.6. The number of aromatic nitrogens is 4. The van der Waals surface area contributed by atoms with Gasteiger partial charge in [0.25, 0.3) is 0 Å². The first-order chi connectivity index (χ1) is 36.1. The van der Waals surface area contributed by atoms with Crippen LogP contribution >= 0.6 is 0 Å². The number of nitrogens with zero attached hydrogens (tertiary/aromatic N) is 7. The summed E-state index contributed by atoms with van der Waals surface area (Å²) in [5.74, 6) is 0.416. The van der Waals surface area contributed by atoms with E-state index in [0.29, 0.717) is 39.5 Å². The molecule has 74 heavy (non-hydrogen) atoms. The molecular weight excluding hydrogens is 903 g/mol. The van der Waals surface area contributed by atoms with Crippen LogP contribution < -0.4 is 0 Å². The van der Waals surface area contributed by atoms with Crippen molar-refractivity contribution in [2.45, 2.75) is 38.5 Å². The van der Waals surface area contributed by atoms with Gasteiger partial charge in [0.2, 0.25) is 0 Å². The lowest BCUT2D eigenvalue weighted by Crippen LogP contribution is -2.15. The Labute approximate surface area is 427 Å². The summed E-state index contributed by atoms with van der Waals surface area (Å²) < 4.78 is 4.40. The van der Waals surface area contributed by atoms with E-state index in [1.165, 1.54) is 55.3 Å². The second kappa shape index (κ2) is 15.6. The highest BCUT2D eigenvalue weighted by atomic mass is 15.0. The molecule has 0 saturated heterocycles. The third-order valence-electron chi connectivity index (χ3n) is 16.0. The van der Waals surface area contributed by atoms with Gasteiger partial charge >= 0.3 is 0 Å². The number of benzene rings is 9. The van der Waals surface area contributed by atoms with E-state index in [9.17, 15) is 15.8 Å². The summed E-state index contributed by atoms with van der Waals surface area (Å²) in [7, 11) is 0. The number of hydrogen-bond donors (Lipinski definition) is 0. The van der Waals surface area contributed by atoms with Crippen molar-refractivity contribution < 1.29 is 0 Å². The number of para-hydroxylation sites is 2. The average molecular weight is 946 g/mol. The lowest BCUT2D eigenvalue weighted by Gasteiger charge is -2.22. The van der Waals surface area contributed by atoms with Gasteiger partial charge in [0.05, 0.1) is 56.0 Å². The summed E-state index contributed by atoms with van der Waals surface area (Å²) in [6.07, 6.45) is 0. The van der Waals surface area contributed by atoms with E-state index in [2.05, 4.69) is 164 Å². The Hall–Kier alpha value is -9.87. The van der Waals surface area contributed by atoms with E-state index < -0.39 is 0 Å². The highest BCUT2D eigenvalue weighted by Gasteiger charge is 2.40. The Balaban J connectivity index is 0.941. The van der Waals surface area contributed by atoms with Crippen molar-refractivity contribution in [3.63, 3.8) is 0 Å². The minimum Gasteiger partial charge on any atom is -0.308 e. The molecule has 0 unspecified atom stereocenters. The van der Waals surface area contributed by atoms with Crippen molar-refractivity contribution in [2.75, 3.05) is 0 Å². The van der Waals surface area contributed by atoms with Crippen LogP contribution in [0.3, 0.4) is 0 Å². The average Bonchev–Trinajstić information content (AvgIpc) is 4.11. The Bertz CT molecular complexity index is 4320. The van der Waals surface area contributed by atoms with E-state index >= 15 is 0 Å². The predicted molar refractivity (Wildman–Crippen MR) is 296 cm³/mol. The monoisotopic (exact) mass is 945 g/mol. The fraction of sp³-hybridized carbons (Fsp3) is 0.0896. The molecule has 7 heteroatoms. The van der Waals surface area contributed by atoms with Gasteiger partial charge in [-0.3, -0.25) is 0 Å². The third-order valence-corrected chi connectivity index (χ3v) is 16.0. The van der Waals surface area contributed by atoms with Crippen LogP contribution in [0.5, 0.6) is 0 Å². The van der Waals surface area contributed by atoms with Crippen LogP contribution in [0, 0.1) is 34.0 Å². The van der Waals surface area contributed by atoms with Crippen molar-refractivity contribution in [2.24, 2.45) is 0 Å².